The molecule has 4 nitrogen and oxygen atoms in total. The third kappa shape index (κ3) is 3.21. The number of hydrogen-bond donors (Lipinski definition) is 0. The fourth-order valence-corrected chi connectivity index (χ4v) is 3.22. The SMILES string of the molecule is [CH]1C=CC(c2ccc(-c3nnc(-c4ccc(C5=C[CH]C=C5)cc4)nn3)cc2)=C1. The lowest BCUT2D eigenvalue weighted by atomic mass is 10.0. The first-order valence-corrected chi connectivity index (χ1v) is 9.09. The summed E-state index contributed by atoms with van der Waals surface area (Å²) in [4.78, 5) is 0. The minimum absolute atomic E-state index is 0.520. The highest BCUT2D eigenvalue weighted by Crippen LogP contribution is 2.25. The highest BCUT2D eigenvalue weighted by atomic mass is 15.3. The molecule has 4 heteroatoms. The van der Waals surface area contributed by atoms with Crippen molar-refractivity contribution in [3.63, 3.8) is 0 Å². The number of hydrogen-bond acceptors (Lipinski definition) is 4. The highest BCUT2D eigenvalue weighted by Gasteiger charge is 2.09. The van der Waals surface area contributed by atoms with Crippen molar-refractivity contribution >= 4 is 11.1 Å². The molecule has 3 aromatic rings. The first-order chi connectivity index (χ1) is 13.9. The summed E-state index contributed by atoms with van der Waals surface area (Å²) >= 11 is 0. The first-order valence-electron chi connectivity index (χ1n) is 9.09. The molecule has 2 aliphatic rings. The molecule has 132 valence electrons. The van der Waals surface area contributed by atoms with E-state index in [9.17, 15) is 0 Å². The Balaban J connectivity index is 1.35. The fraction of sp³-hybridized carbons (Fsp3) is 0. The lowest BCUT2D eigenvalue weighted by Gasteiger charge is -2.04. The molecular weight excluding hydrogens is 344 g/mol. The van der Waals surface area contributed by atoms with Gasteiger partial charge in [0.25, 0.3) is 0 Å². The monoisotopic (exact) mass is 360 g/mol. The highest BCUT2D eigenvalue weighted by molar-refractivity contribution is 5.80. The van der Waals surface area contributed by atoms with E-state index in [0.29, 0.717) is 11.6 Å². The van der Waals surface area contributed by atoms with Gasteiger partial charge in [-0.25, -0.2) is 0 Å². The molecule has 0 bridgehead atoms. The zero-order chi connectivity index (χ0) is 18.8. The van der Waals surface area contributed by atoms with Crippen molar-refractivity contribution < 1.29 is 0 Å². The average Bonchev–Trinajstić information content (AvgIpc) is 3.49. The van der Waals surface area contributed by atoms with Gasteiger partial charge in [0.2, 0.25) is 11.6 Å². The quantitative estimate of drug-likeness (QED) is 0.663. The van der Waals surface area contributed by atoms with Gasteiger partial charge in [0, 0.05) is 24.0 Å². The summed E-state index contributed by atoms with van der Waals surface area (Å²) in [6.07, 6.45) is 16.5. The largest absolute Gasteiger partial charge is 0.203 e. The molecule has 2 radical (unpaired) electrons. The zero-order valence-corrected chi connectivity index (χ0v) is 15.0. The molecule has 0 unspecified atom stereocenters. The summed E-state index contributed by atoms with van der Waals surface area (Å²) in [5.74, 6) is 1.04. The summed E-state index contributed by atoms with van der Waals surface area (Å²) in [6.45, 7) is 0. The maximum absolute atomic E-state index is 4.27. The summed E-state index contributed by atoms with van der Waals surface area (Å²) < 4.78 is 0. The van der Waals surface area contributed by atoms with Crippen LogP contribution in [0, 0.1) is 12.8 Å². The predicted octanol–water partition coefficient (Wildman–Crippen LogP) is 4.92. The van der Waals surface area contributed by atoms with Crippen molar-refractivity contribution in [2.24, 2.45) is 0 Å². The molecule has 2 aromatic carbocycles. The lowest BCUT2D eigenvalue weighted by Crippen LogP contribution is -1.99. The summed E-state index contributed by atoms with van der Waals surface area (Å²) in [5, 5.41) is 17.1. The number of nitrogens with zero attached hydrogens (tertiary/aromatic N) is 4. The molecule has 0 saturated carbocycles. The van der Waals surface area contributed by atoms with Crippen molar-refractivity contribution in [1.29, 1.82) is 0 Å². The molecule has 1 heterocycles. The van der Waals surface area contributed by atoms with Crippen LogP contribution in [0.3, 0.4) is 0 Å². The van der Waals surface area contributed by atoms with E-state index in [1.54, 1.807) is 0 Å². The summed E-state index contributed by atoms with van der Waals surface area (Å²) in [5.41, 5.74) is 6.52. The topological polar surface area (TPSA) is 51.6 Å². The van der Waals surface area contributed by atoms with E-state index in [4.69, 9.17) is 0 Å². The van der Waals surface area contributed by atoms with Crippen molar-refractivity contribution in [2.75, 3.05) is 0 Å². The Hall–Kier alpha value is -3.66. The van der Waals surface area contributed by atoms with Gasteiger partial charge in [-0.05, 0) is 22.3 Å². The number of benzene rings is 2. The second-order valence-corrected chi connectivity index (χ2v) is 6.55. The van der Waals surface area contributed by atoms with Crippen LogP contribution in [0.5, 0.6) is 0 Å². The first kappa shape index (κ1) is 16.5. The van der Waals surface area contributed by atoms with Crippen molar-refractivity contribution in [2.45, 2.75) is 0 Å². The van der Waals surface area contributed by atoms with Crippen LogP contribution in [-0.2, 0) is 0 Å². The Morgan fingerprint density at radius 3 is 1.11 bits per heavy atom. The third-order valence-corrected chi connectivity index (χ3v) is 4.76. The van der Waals surface area contributed by atoms with E-state index < -0.39 is 0 Å². The van der Waals surface area contributed by atoms with Crippen LogP contribution >= 0.6 is 0 Å². The average molecular weight is 360 g/mol. The predicted molar refractivity (Wildman–Crippen MR) is 111 cm³/mol. The third-order valence-electron chi connectivity index (χ3n) is 4.76. The molecular formula is C24H16N4. The van der Waals surface area contributed by atoms with Crippen molar-refractivity contribution in [3.8, 4) is 22.8 Å². The van der Waals surface area contributed by atoms with Gasteiger partial charge in [-0.15, -0.1) is 20.4 Å². The standard InChI is InChI=1S/C24H16N4/c1-2-6-17(5-1)19-9-13-21(14-10-19)23-25-27-24(28-26-23)22-15-11-20(12-16-22)18-7-3-4-8-18/h1-16H. The van der Waals surface area contributed by atoms with Crippen LogP contribution < -0.4 is 0 Å². The Morgan fingerprint density at radius 2 is 0.786 bits per heavy atom. The van der Waals surface area contributed by atoms with Gasteiger partial charge in [-0.1, -0.05) is 85.0 Å². The van der Waals surface area contributed by atoms with Gasteiger partial charge < -0.3 is 0 Å². The van der Waals surface area contributed by atoms with E-state index >= 15 is 0 Å². The molecule has 0 saturated heterocycles. The Morgan fingerprint density at radius 1 is 0.429 bits per heavy atom. The number of allylic oxidation sites excluding steroid dienone is 8. The molecule has 0 atom stereocenters. The second kappa shape index (κ2) is 7.16. The molecule has 1 aromatic heterocycles. The summed E-state index contributed by atoms with van der Waals surface area (Å²) in [7, 11) is 0. The maximum Gasteiger partial charge on any atom is 0.203 e. The van der Waals surface area contributed by atoms with Crippen LogP contribution in [0.4, 0.5) is 0 Å². The second-order valence-electron chi connectivity index (χ2n) is 6.55. The molecule has 0 amide bonds. The van der Waals surface area contributed by atoms with Crippen LogP contribution in [-0.4, -0.2) is 20.4 Å². The van der Waals surface area contributed by atoms with Gasteiger partial charge in [0.1, 0.15) is 0 Å². The maximum atomic E-state index is 4.27. The minimum Gasteiger partial charge on any atom is -0.126 e. The molecule has 0 spiro atoms. The van der Waals surface area contributed by atoms with Crippen molar-refractivity contribution in [1.82, 2.24) is 20.4 Å². The van der Waals surface area contributed by atoms with Crippen molar-refractivity contribution in [3.05, 3.63) is 109 Å². The van der Waals surface area contributed by atoms with Crippen LogP contribution in [0.15, 0.2) is 85.0 Å². The zero-order valence-electron chi connectivity index (χ0n) is 15.0. The van der Waals surface area contributed by atoms with Crippen LogP contribution in [0.1, 0.15) is 11.1 Å². The molecule has 2 aliphatic carbocycles. The van der Waals surface area contributed by atoms with E-state index in [-0.39, 0.29) is 0 Å². The van der Waals surface area contributed by atoms with E-state index in [0.717, 1.165) is 22.3 Å². The summed E-state index contributed by atoms with van der Waals surface area (Å²) in [6, 6.07) is 16.2. The van der Waals surface area contributed by atoms with E-state index in [2.05, 4.69) is 69.0 Å². The minimum atomic E-state index is 0.520. The number of rotatable bonds is 4. The molecule has 0 N–H and O–H groups in total. The molecule has 0 aliphatic heterocycles. The van der Waals surface area contributed by atoms with Gasteiger partial charge in [-0.2, -0.15) is 0 Å². The Kier molecular flexibility index (Phi) is 4.22. The van der Waals surface area contributed by atoms with Gasteiger partial charge in [0.05, 0.1) is 0 Å². The van der Waals surface area contributed by atoms with Crippen LogP contribution in [0.2, 0.25) is 0 Å². The van der Waals surface area contributed by atoms with E-state index in [1.807, 2.05) is 49.3 Å². The molecule has 28 heavy (non-hydrogen) atoms. The Bertz CT molecular complexity index is 1020. The molecule has 0 fully saturated rings. The Labute approximate surface area is 163 Å². The molecule has 5 rings (SSSR count). The van der Waals surface area contributed by atoms with Gasteiger partial charge in [-0.3, -0.25) is 0 Å². The number of aromatic nitrogens is 4. The van der Waals surface area contributed by atoms with Gasteiger partial charge >= 0.3 is 0 Å². The lowest BCUT2D eigenvalue weighted by molar-refractivity contribution is 0.876. The normalized spacial score (nSPS) is 15.0. The van der Waals surface area contributed by atoms with E-state index in [1.165, 1.54) is 11.1 Å². The smallest absolute Gasteiger partial charge is 0.126 e. The fourth-order valence-electron chi connectivity index (χ4n) is 3.22. The van der Waals surface area contributed by atoms with Gasteiger partial charge in [0.15, 0.2) is 0 Å². The van der Waals surface area contributed by atoms with Crippen LogP contribution in [0.25, 0.3) is 33.9 Å².